The number of carbonyl (C=O) groups excluding carboxylic acids is 2. The van der Waals surface area contributed by atoms with Gasteiger partial charge in [0.15, 0.2) is 5.76 Å². The Balaban J connectivity index is 1.84. The van der Waals surface area contributed by atoms with Crippen molar-refractivity contribution in [2.75, 3.05) is 26.2 Å². The third-order valence-electron chi connectivity index (χ3n) is 6.88. The summed E-state index contributed by atoms with van der Waals surface area (Å²) >= 11 is 12.5. The molecule has 0 saturated carbocycles. The number of imidazole rings is 1. The molecule has 1 N–H and O–H groups in total. The molecule has 0 spiro atoms. The average Bonchev–Trinajstić information content (AvgIpc) is 3.33. The zero-order chi connectivity index (χ0) is 26.1. The van der Waals surface area contributed by atoms with Gasteiger partial charge in [-0.25, -0.2) is 4.98 Å². The van der Waals surface area contributed by atoms with Gasteiger partial charge in [-0.2, -0.15) is 0 Å². The Bertz CT molecular complexity index is 1360. The Morgan fingerprint density at radius 1 is 1.11 bits per heavy atom. The van der Waals surface area contributed by atoms with Gasteiger partial charge in [0.25, 0.3) is 11.7 Å². The molecule has 0 radical (unpaired) electrons. The van der Waals surface area contributed by atoms with Crippen molar-refractivity contribution in [2.24, 2.45) is 0 Å². The van der Waals surface area contributed by atoms with Crippen LogP contribution in [-0.2, 0) is 9.59 Å². The van der Waals surface area contributed by atoms with Crippen LogP contribution in [0.2, 0.25) is 10.0 Å². The minimum absolute atomic E-state index is 0.00499. The number of likely N-dealkylation sites (tertiary alicyclic amines) is 1. The van der Waals surface area contributed by atoms with Crippen molar-refractivity contribution in [1.82, 2.24) is 19.2 Å². The fourth-order valence-corrected chi connectivity index (χ4v) is 5.12. The van der Waals surface area contributed by atoms with E-state index in [2.05, 4.69) is 23.7 Å². The van der Waals surface area contributed by atoms with Crippen molar-refractivity contribution < 1.29 is 14.7 Å². The molecule has 1 unspecified atom stereocenters. The average molecular weight is 529 g/mol. The molecular weight excluding hydrogens is 499 g/mol. The highest BCUT2D eigenvalue weighted by Crippen LogP contribution is 2.41. The van der Waals surface area contributed by atoms with Crippen LogP contribution in [0.25, 0.3) is 11.4 Å². The van der Waals surface area contributed by atoms with E-state index in [0.717, 1.165) is 25.2 Å². The van der Waals surface area contributed by atoms with Gasteiger partial charge in [0.2, 0.25) is 0 Å². The van der Waals surface area contributed by atoms with Gasteiger partial charge in [0.05, 0.1) is 27.4 Å². The molecule has 190 valence electrons. The Hall–Kier alpha value is -2.87. The third-order valence-corrected chi connectivity index (χ3v) is 7.61. The van der Waals surface area contributed by atoms with Gasteiger partial charge in [0, 0.05) is 12.7 Å². The number of hydrogen-bond donors (Lipinski definition) is 1. The van der Waals surface area contributed by atoms with Gasteiger partial charge in [-0.3, -0.25) is 9.59 Å². The van der Waals surface area contributed by atoms with E-state index in [1.807, 2.05) is 36.6 Å². The van der Waals surface area contributed by atoms with Crippen molar-refractivity contribution in [1.29, 1.82) is 0 Å². The summed E-state index contributed by atoms with van der Waals surface area (Å²) in [6.07, 6.45) is 2.53. The number of nitrogens with zero attached hydrogens (tertiary/aromatic N) is 4. The van der Waals surface area contributed by atoms with Gasteiger partial charge in [-0.05, 0) is 69.2 Å². The Labute approximate surface area is 220 Å². The highest BCUT2D eigenvalue weighted by molar-refractivity contribution is 6.46. The highest BCUT2D eigenvalue weighted by atomic mass is 35.5. The van der Waals surface area contributed by atoms with Crippen LogP contribution in [-0.4, -0.2) is 62.2 Å². The first-order chi connectivity index (χ1) is 17.2. The zero-order valence-electron chi connectivity index (χ0n) is 20.9. The van der Waals surface area contributed by atoms with Gasteiger partial charge in [0.1, 0.15) is 11.3 Å². The predicted octanol–water partition coefficient (Wildman–Crippen LogP) is 5.41. The van der Waals surface area contributed by atoms with Crippen LogP contribution in [0.3, 0.4) is 0 Å². The van der Waals surface area contributed by atoms with E-state index in [4.69, 9.17) is 23.2 Å². The SMILES string of the molecule is CCN(CC)CCCN1C(=O)C(=O)/C(=C(/O)c2nc3c(C)cccn3c2C)C1c1ccc(Cl)c(Cl)c1. The standard InChI is InChI=1S/C27H30Cl2N4O3/c1-5-31(6-2)12-8-14-33-23(18-10-11-19(28)20(29)15-18)21(25(35)27(33)36)24(34)22-17(4)32-13-7-9-16(3)26(32)30-22/h7,9-11,13,15,23,34H,5-6,8,12,14H2,1-4H3/b24-21+. The molecule has 7 nitrogen and oxygen atoms in total. The molecule has 1 saturated heterocycles. The van der Waals surface area contributed by atoms with E-state index in [1.165, 1.54) is 4.90 Å². The first-order valence-corrected chi connectivity index (χ1v) is 12.9. The number of aliphatic hydroxyl groups excluding tert-OH is 1. The van der Waals surface area contributed by atoms with Crippen LogP contribution in [0.5, 0.6) is 0 Å². The van der Waals surface area contributed by atoms with Crippen LogP contribution in [0, 0.1) is 13.8 Å². The summed E-state index contributed by atoms with van der Waals surface area (Å²) in [5, 5.41) is 12.2. The lowest BCUT2D eigenvalue weighted by atomic mass is 9.96. The lowest BCUT2D eigenvalue weighted by Gasteiger charge is -2.27. The Kier molecular flexibility index (Phi) is 7.73. The van der Waals surface area contributed by atoms with Gasteiger partial charge >= 0.3 is 0 Å². The summed E-state index contributed by atoms with van der Waals surface area (Å²) in [5.74, 6) is -1.68. The molecule has 2 aromatic heterocycles. The number of hydrogen-bond acceptors (Lipinski definition) is 5. The molecule has 0 aliphatic carbocycles. The van der Waals surface area contributed by atoms with Crippen LogP contribution >= 0.6 is 23.2 Å². The smallest absolute Gasteiger partial charge is 0.295 e. The molecule has 1 aromatic carbocycles. The van der Waals surface area contributed by atoms with E-state index >= 15 is 0 Å². The molecule has 0 bridgehead atoms. The number of aryl methyl sites for hydroxylation is 2. The normalized spacial score (nSPS) is 17.6. The van der Waals surface area contributed by atoms with E-state index < -0.39 is 17.7 Å². The predicted molar refractivity (Wildman–Crippen MR) is 143 cm³/mol. The molecule has 3 aromatic rings. The van der Waals surface area contributed by atoms with Crippen molar-refractivity contribution in [3.63, 3.8) is 0 Å². The van der Waals surface area contributed by atoms with E-state index in [0.29, 0.717) is 39.9 Å². The molecule has 4 rings (SSSR count). The molecular formula is C27H30Cl2N4O3. The largest absolute Gasteiger partial charge is 0.505 e. The van der Waals surface area contributed by atoms with Crippen LogP contribution < -0.4 is 0 Å². The number of Topliss-reactive ketones (excluding diaryl/α,β-unsaturated/α-hetero) is 1. The Morgan fingerprint density at radius 2 is 1.83 bits per heavy atom. The summed E-state index contributed by atoms with van der Waals surface area (Å²) < 4.78 is 1.86. The van der Waals surface area contributed by atoms with Crippen molar-refractivity contribution in [3.8, 4) is 0 Å². The fraction of sp³-hybridized carbons (Fsp3) is 0.370. The monoisotopic (exact) mass is 528 g/mol. The van der Waals surface area contributed by atoms with E-state index in [-0.39, 0.29) is 17.0 Å². The maximum Gasteiger partial charge on any atom is 0.295 e. The maximum absolute atomic E-state index is 13.4. The summed E-state index contributed by atoms with van der Waals surface area (Å²) in [4.78, 5) is 35.0. The number of amides is 1. The van der Waals surface area contributed by atoms with Crippen LogP contribution in [0.4, 0.5) is 0 Å². The second kappa shape index (κ2) is 10.6. The van der Waals surface area contributed by atoms with Crippen LogP contribution in [0.15, 0.2) is 42.1 Å². The third kappa shape index (κ3) is 4.63. The molecule has 1 atom stereocenters. The first kappa shape index (κ1) is 26.2. The first-order valence-electron chi connectivity index (χ1n) is 12.1. The van der Waals surface area contributed by atoms with Crippen molar-refractivity contribution >= 4 is 46.3 Å². The zero-order valence-corrected chi connectivity index (χ0v) is 22.4. The number of fused-ring (bicyclic) bond motifs is 1. The minimum atomic E-state index is -0.804. The number of aromatic nitrogens is 2. The molecule has 1 aliphatic heterocycles. The number of carbonyl (C=O) groups is 2. The number of benzene rings is 1. The van der Waals surface area contributed by atoms with Crippen LogP contribution in [0.1, 0.15) is 48.8 Å². The second-order valence-electron chi connectivity index (χ2n) is 8.98. The van der Waals surface area contributed by atoms with Gasteiger partial charge in [-0.1, -0.05) is 49.2 Å². The highest BCUT2D eigenvalue weighted by Gasteiger charge is 2.46. The molecule has 1 amide bonds. The summed E-state index contributed by atoms with van der Waals surface area (Å²) in [5.41, 5.74) is 3.16. The fourth-order valence-electron chi connectivity index (χ4n) is 4.82. The number of aliphatic hydroxyl groups is 1. The Morgan fingerprint density at radius 3 is 2.47 bits per heavy atom. The summed E-state index contributed by atoms with van der Waals surface area (Å²) in [6.45, 7) is 10.9. The van der Waals surface area contributed by atoms with Crippen molar-refractivity contribution in [3.05, 3.63) is 74.7 Å². The molecule has 1 aliphatic rings. The second-order valence-corrected chi connectivity index (χ2v) is 9.79. The lowest BCUT2D eigenvalue weighted by molar-refractivity contribution is -0.140. The molecule has 1 fully saturated rings. The quantitative estimate of drug-likeness (QED) is 0.240. The van der Waals surface area contributed by atoms with Gasteiger partial charge < -0.3 is 19.3 Å². The van der Waals surface area contributed by atoms with E-state index in [1.54, 1.807) is 18.2 Å². The van der Waals surface area contributed by atoms with Crippen molar-refractivity contribution in [2.45, 2.75) is 40.2 Å². The maximum atomic E-state index is 13.4. The topological polar surface area (TPSA) is 78.2 Å². The molecule has 9 heteroatoms. The number of rotatable bonds is 8. The van der Waals surface area contributed by atoms with E-state index in [9.17, 15) is 14.7 Å². The summed E-state index contributed by atoms with van der Waals surface area (Å²) in [7, 11) is 0. The summed E-state index contributed by atoms with van der Waals surface area (Å²) in [6, 6.07) is 8.03. The molecule has 3 heterocycles. The lowest BCUT2D eigenvalue weighted by Crippen LogP contribution is -2.33. The number of pyridine rings is 1. The minimum Gasteiger partial charge on any atom is -0.505 e. The van der Waals surface area contributed by atoms with Gasteiger partial charge in [-0.15, -0.1) is 0 Å². The number of ketones is 1. The number of halogens is 2. The molecule has 36 heavy (non-hydrogen) atoms.